The Balaban J connectivity index is 1.78. The minimum absolute atomic E-state index is 0.0128. The van der Waals surface area contributed by atoms with Gasteiger partial charge in [0.25, 0.3) is 0 Å². The van der Waals surface area contributed by atoms with Gasteiger partial charge in [-0.25, -0.2) is 0 Å². The normalized spacial score (nSPS) is 10.2. The second kappa shape index (κ2) is 7.84. The summed E-state index contributed by atoms with van der Waals surface area (Å²) >= 11 is 3.47. The van der Waals surface area contributed by atoms with Gasteiger partial charge in [-0.3, -0.25) is 4.79 Å². The monoisotopic (exact) mass is 346 g/mol. The van der Waals surface area contributed by atoms with Gasteiger partial charge in [-0.15, -0.1) is 0 Å². The minimum Gasteiger partial charge on any atom is -0.384 e. The third-order valence-electron chi connectivity index (χ3n) is 3.19. The van der Waals surface area contributed by atoms with Crippen molar-refractivity contribution in [3.05, 3.63) is 58.6 Å². The maximum atomic E-state index is 11.9. The van der Waals surface area contributed by atoms with Crippen LogP contribution in [0.3, 0.4) is 0 Å². The van der Waals surface area contributed by atoms with Gasteiger partial charge in [0.05, 0.1) is 0 Å². The Labute approximate surface area is 133 Å². The van der Waals surface area contributed by atoms with E-state index in [-0.39, 0.29) is 5.91 Å². The number of nitrogens with one attached hydrogen (secondary N) is 2. The molecule has 0 aliphatic rings. The molecule has 1 amide bonds. The van der Waals surface area contributed by atoms with Gasteiger partial charge in [0.1, 0.15) is 0 Å². The van der Waals surface area contributed by atoms with Crippen LogP contribution in [0.5, 0.6) is 0 Å². The molecule has 0 aliphatic carbocycles. The number of para-hydroxylation sites is 1. The van der Waals surface area contributed by atoms with Crippen molar-refractivity contribution < 1.29 is 4.79 Å². The van der Waals surface area contributed by atoms with Crippen LogP contribution in [-0.4, -0.2) is 12.5 Å². The fourth-order valence-corrected chi connectivity index (χ4v) is 2.39. The number of hydrogen-bond donors (Lipinski definition) is 2. The molecule has 0 aromatic heterocycles. The van der Waals surface area contributed by atoms with E-state index < -0.39 is 0 Å². The van der Waals surface area contributed by atoms with Gasteiger partial charge < -0.3 is 10.6 Å². The Morgan fingerprint density at radius 1 is 1.10 bits per heavy atom. The highest BCUT2D eigenvalue weighted by Gasteiger charge is 2.03. The SMILES string of the molecule is CCc1ccc(NC(=O)CCNc2ccccc2Br)cc1. The summed E-state index contributed by atoms with van der Waals surface area (Å²) in [5, 5.41) is 6.14. The molecule has 3 nitrogen and oxygen atoms in total. The average Bonchev–Trinajstić information content (AvgIpc) is 2.50. The molecule has 0 radical (unpaired) electrons. The summed E-state index contributed by atoms with van der Waals surface area (Å²) in [5.74, 6) is 0.0128. The highest BCUT2D eigenvalue weighted by atomic mass is 79.9. The molecule has 2 aromatic rings. The Kier molecular flexibility index (Phi) is 5.81. The minimum atomic E-state index is 0.0128. The molecular weight excluding hydrogens is 328 g/mol. The molecule has 21 heavy (non-hydrogen) atoms. The van der Waals surface area contributed by atoms with Gasteiger partial charge in [0, 0.05) is 28.8 Å². The van der Waals surface area contributed by atoms with E-state index in [1.165, 1.54) is 5.56 Å². The van der Waals surface area contributed by atoms with Crippen molar-refractivity contribution >= 4 is 33.2 Å². The smallest absolute Gasteiger partial charge is 0.226 e. The summed E-state index contributed by atoms with van der Waals surface area (Å²) in [6.45, 7) is 2.71. The first-order valence-corrected chi connectivity index (χ1v) is 7.85. The van der Waals surface area contributed by atoms with Crippen molar-refractivity contribution in [3.8, 4) is 0 Å². The number of carbonyl (C=O) groups excluding carboxylic acids is 1. The van der Waals surface area contributed by atoms with Gasteiger partial charge in [0.15, 0.2) is 0 Å². The highest BCUT2D eigenvalue weighted by Crippen LogP contribution is 2.20. The van der Waals surface area contributed by atoms with Crippen molar-refractivity contribution in [3.63, 3.8) is 0 Å². The Morgan fingerprint density at radius 2 is 1.81 bits per heavy atom. The van der Waals surface area contributed by atoms with Crippen molar-refractivity contribution in [1.29, 1.82) is 0 Å². The van der Waals surface area contributed by atoms with Gasteiger partial charge >= 0.3 is 0 Å². The summed E-state index contributed by atoms with van der Waals surface area (Å²) in [5.41, 5.74) is 3.11. The lowest BCUT2D eigenvalue weighted by atomic mass is 10.1. The van der Waals surface area contributed by atoms with Gasteiger partial charge in [-0.2, -0.15) is 0 Å². The number of benzene rings is 2. The summed E-state index contributed by atoms with van der Waals surface area (Å²) < 4.78 is 1.00. The molecule has 0 bridgehead atoms. The summed E-state index contributed by atoms with van der Waals surface area (Å²) in [6.07, 6.45) is 1.43. The number of anilines is 2. The summed E-state index contributed by atoms with van der Waals surface area (Å²) in [7, 11) is 0. The quantitative estimate of drug-likeness (QED) is 0.810. The van der Waals surface area contributed by atoms with Crippen molar-refractivity contribution in [2.45, 2.75) is 19.8 Å². The molecule has 0 fully saturated rings. The van der Waals surface area contributed by atoms with Crippen LogP contribution in [0.25, 0.3) is 0 Å². The molecule has 0 saturated heterocycles. The molecule has 0 spiro atoms. The van der Waals surface area contributed by atoms with Crippen LogP contribution in [0.4, 0.5) is 11.4 Å². The third kappa shape index (κ3) is 4.90. The number of hydrogen-bond acceptors (Lipinski definition) is 2. The van der Waals surface area contributed by atoms with E-state index in [1.54, 1.807) is 0 Å². The fourth-order valence-electron chi connectivity index (χ4n) is 1.96. The predicted molar refractivity (Wildman–Crippen MR) is 91.7 cm³/mol. The largest absolute Gasteiger partial charge is 0.384 e. The maximum Gasteiger partial charge on any atom is 0.226 e. The molecule has 0 heterocycles. The van der Waals surface area contributed by atoms with Crippen LogP contribution in [-0.2, 0) is 11.2 Å². The van der Waals surface area contributed by atoms with E-state index in [0.717, 1.165) is 22.3 Å². The standard InChI is InChI=1S/C17H19BrN2O/c1-2-13-7-9-14(10-8-13)20-17(21)11-12-19-16-6-4-3-5-15(16)18/h3-10,19H,2,11-12H2,1H3,(H,20,21). The number of halogens is 1. The first-order valence-electron chi connectivity index (χ1n) is 7.06. The topological polar surface area (TPSA) is 41.1 Å². The fraction of sp³-hybridized carbons (Fsp3) is 0.235. The van der Waals surface area contributed by atoms with Gasteiger partial charge in [-0.05, 0) is 52.2 Å². The van der Waals surface area contributed by atoms with Crippen LogP contribution < -0.4 is 10.6 Å². The lowest BCUT2D eigenvalue weighted by Crippen LogP contribution is -2.16. The number of carbonyl (C=O) groups is 1. The first-order chi connectivity index (χ1) is 10.2. The van der Waals surface area contributed by atoms with E-state index in [2.05, 4.69) is 33.5 Å². The zero-order valence-electron chi connectivity index (χ0n) is 12.0. The van der Waals surface area contributed by atoms with Crippen LogP contribution in [0.1, 0.15) is 18.9 Å². The van der Waals surface area contributed by atoms with Crippen molar-refractivity contribution in [2.24, 2.45) is 0 Å². The van der Waals surface area contributed by atoms with E-state index in [9.17, 15) is 4.79 Å². The molecule has 4 heteroatoms. The maximum absolute atomic E-state index is 11.9. The second-order valence-electron chi connectivity index (χ2n) is 4.76. The zero-order chi connectivity index (χ0) is 15.1. The lowest BCUT2D eigenvalue weighted by Gasteiger charge is -2.09. The number of amides is 1. The van der Waals surface area contributed by atoms with Crippen LogP contribution >= 0.6 is 15.9 Å². The molecule has 2 N–H and O–H groups in total. The third-order valence-corrected chi connectivity index (χ3v) is 3.88. The van der Waals surface area contributed by atoms with Crippen molar-refractivity contribution in [1.82, 2.24) is 0 Å². The molecule has 2 rings (SSSR count). The Hall–Kier alpha value is -1.81. The van der Waals surface area contributed by atoms with Gasteiger partial charge in [0.2, 0.25) is 5.91 Å². The van der Waals surface area contributed by atoms with E-state index in [1.807, 2.05) is 48.5 Å². The van der Waals surface area contributed by atoms with E-state index in [0.29, 0.717) is 13.0 Å². The number of aryl methyl sites for hydroxylation is 1. The summed E-state index contributed by atoms with van der Waals surface area (Å²) in [4.78, 5) is 11.9. The Morgan fingerprint density at radius 3 is 2.48 bits per heavy atom. The van der Waals surface area contributed by atoms with E-state index >= 15 is 0 Å². The molecule has 0 atom stereocenters. The summed E-state index contributed by atoms with van der Waals surface area (Å²) in [6, 6.07) is 15.8. The Bertz CT molecular complexity index is 596. The molecule has 2 aromatic carbocycles. The van der Waals surface area contributed by atoms with Crippen LogP contribution in [0.15, 0.2) is 53.0 Å². The van der Waals surface area contributed by atoms with Crippen molar-refractivity contribution in [2.75, 3.05) is 17.2 Å². The zero-order valence-corrected chi connectivity index (χ0v) is 13.6. The second-order valence-corrected chi connectivity index (χ2v) is 5.61. The van der Waals surface area contributed by atoms with Crippen LogP contribution in [0.2, 0.25) is 0 Å². The predicted octanol–water partition coefficient (Wildman–Crippen LogP) is 4.45. The molecule has 0 aliphatic heterocycles. The molecule has 0 saturated carbocycles. The number of rotatable bonds is 6. The highest BCUT2D eigenvalue weighted by molar-refractivity contribution is 9.10. The lowest BCUT2D eigenvalue weighted by molar-refractivity contribution is -0.115. The molecular formula is C17H19BrN2O. The van der Waals surface area contributed by atoms with Gasteiger partial charge in [-0.1, -0.05) is 31.2 Å². The van der Waals surface area contributed by atoms with E-state index in [4.69, 9.17) is 0 Å². The average molecular weight is 347 g/mol. The first kappa shape index (κ1) is 15.6. The molecule has 0 unspecified atom stereocenters. The van der Waals surface area contributed by atoms with Crippen LogP contribution in [0, 0.1) is 0 Å². The molecule has 110 valence electrons.